The van der Waals surface area contributed by atoms with Crippen LogP contribution in [0.1, 0.15) is 13.8 Å². The van der Waals surface area contributed by atoms with E-state index < -0.39 is 0 Å². The van der Waals surface area contributed by atoms with Crippen LogP contribution in [0.4, 0.5) is 11.4 Å². The van der Waals surface area contributed by atoms with E-state index in [1.807, 2.05) is 11.8 Å². The molecule has 5 heteroatoms. The van der Waals surface area contributed by atoms with Gasteiger partial charge in [-0.1, -0.05) is 12.8 Å². The summed E-state index contributed by atoms with van der Waals surface area (Å²) in [6.07, 6.45) is 5.23. The van der Waals surface area contributed by atoms with Crippen LogP contribution in [0.5, 0.6) is 0 Å². The van der Waals surface area contributed by atoms with E-state index in [0.29, 0.717) is 17.9 Å². The predicted octanol–water partition coefficient (Wildman–Crippen LogP) is 1.54. The molecular weight excluding hydrogens is 254 g/mol. The van der Waals surface area contributed by atoms with Crippen LogP contribution in [0.25, 0.3) is 0 Å². The third-order valence-electron chi connectivity index (χ3n) is 2.62. The standard InChI is InChI=1S/C15H19N3O2/c1-4-10-18(5-2)11-15(20)17-14-8-6-13(7-9-14)16-12(3)19/h1,6-9H,5,10-11H2,2-3H3,(H,16,19)(H,17,20). The Hall–Kier alpha value is -2.32. The van der Waals surface area contributed by atoms with Crippen molar-refractivity contribution >= 4 is 23.2 Å². The van der Waals surface area contributed by atoms with Gasteiger partial charge in [-0.2, -0.15) is 0 Å². The number of benzene rings is 1. The highest BCUT2D eigenvalue weighted by atomic mass is 16.2. The molecule has 0 aliphatic carbocycles. The number of terminal acetylenes is 1. The van der Waals surface area contributed by atoms with E-state index in [1.165, 1.54) is 6.92 Å². The quantitative estimate of drug-likeness (QED) is 0.773. The fraction of sp³-hybridized carbons (Fsp3) is 0.333. The molecule has 2 N–H and O–H groups in total. The molecule has 0 aliphatic heterocycles. The Kier molecular flexibility index (Phi) is 6.27. The minimum absolute atomic E-state index is 0.116. The van der Waals surface area contributed by atoms with Gasteiger partial charge in [0.1, 0.15) is 0 Å². The highest BCUT2D eigenvalue weighted by molar-refractivity contribution is 5.93. The molecule has 0 radical (unpaired) electrons. The predicted molar refractivity (Wildman–Crippen MR) is 80.3 cm³/mol. The zero-order valence-electron chi connectivity index (χ0n) is 11.8. The van der Waals surface area contributed by atoms with Crippen LogP contribution in [-0.2, 0) is 9.59 Å². The molecule has 2 amide bonds. The third kappa shape index (κ3) is 5.55. The summed E-state index contributed by atoms with van der Waals surface area (Å²) in [7, 11) is 0. The minimum atomic E-state index is -0.130. The van der Waals surface area contributed by atoms with Crippen molar-refractivity contribution in [1.82, 2.24) is 4.90 Å². The molecule has 0 saturated carbocycles. The monoisotopic (exact) mass is 273 g/mol. The molecular formula is C15H19N3O2. The van der Waals surface area contributed by atoms with E-state index in [4.69, 9.17) is 6.42 Å². The van der Waals surface area contributed by atoms with Crippen LogP contribution in [0, 0.1) is 12.3 Å². The van der Waals surface area contributed by atoms with E-state index in [0.717, 1.165) is 6.54 Å². The Labute approximate surface area is 119 Å². The fourth-order valence-electron chi connectivity index (χ4n) is 1.65. The first-order valence-electron chi connectivity index (χ1n) is 6.38. The molecule has 0 bridgehead atoms. The second kappa shape index (κ2) is 7.97. The number of nitrogens with zero attached hydrogens (tertiary/aromatic N) is 1. The molecule has 0 unspecified atom stereocenters. The summed E-state index contributed by atoms with van der Waals surface area (Å²) >= 11 is 0. The second-order valence-electron chi connectivity index (χ2n) is 4.31. The lowest BCUT2D eigenvalue weighted by atomic mass is 10.2. The van der Waals surface area contributed by atoms with Crippen LogP contribution in [0.3, 0.4) is 0 Å². The van der Waals surface area contributed by atoms with Crippen molar-refractivity contribution in [2.75, 3.05) is 30.3 Å². The van der Waals surface area contributed by atoms with Crippen molar-refractivity contribution in [2.45, 2.75) is 13.8 Å². The summed E-state index contributed by atoms with van der Waals surface area (Å²) in [5.41, 5.74) is 1.37. The number of anilines is 2. The average molecular weight is 273 g/mol. The Morgan fingerprint density at radius 2 is 1.75 bits per heavy atom. The summed E-state index contributed by atoms with van der Waals surface area (Å²) in [5, 5.41) is 5.45. The molecule has 0 heterocycles. The molecule has 0 spiro atoms. The molecule has 0 aromatic heterocycles. The van der Waals surface area contributed by atoms with Crippen molar-refractivity contribution in [3.63, 3.8) is 0 Å². The lowest BCUT2D eigenvalue weighted by Gasteiger charge is -2.16. The summed E-state index contributed by atoms with van der Waals surface area (Å²) in [6, 6.07) is 6.94. The molecule has 1 rings (SSSR count). The molecule has 0 aliphatic rings. The lowest BCUT2D eigenvalue weighted by Crippen LogP contribution is -2.33. The van der Waals surface area contributed by atoms with Gasteiger partial charge >= 0.3 is 0 Å². The minimum Gasteiger partial charge on any atom is -0.326 e. The Balaban J connectivity index is 2.53. The molecule has 1 aromatic rings. The van der Waals surface area contributed by atoms with Gasteiger partial charge in [-0.3, -0.25) is 14.5 Å². The van der Waals surface area contributed by atoms with Crippen LogP contribution in [0.2, 0.25) is 0 Å². The maximum atomic E-state index is 11.8. The lowest BCUT2D eigenvalue weighted by molar-refractivity contribution is -0.117. The second-order valence-corrected chi connectivity index (χ2v) is 4.31. The largest absolute Gasteiger partial charge is 0.326 e. The first-order chi connectivity index (χ1) is 9.55. The Morgan fingerprint density at radius 1 is 1.20 bits per heavy atom. The molecule has 20 heavy (non-hydrogen) atoms. The van der Waals surface area contributed by atoms with E-state index in [2.05, 4.69) is 16.6 Å². The first-order valence-corrected chi connectivity index (χ1v) is 6.38. The number of rotatable bonds is 6. The van der Waals surface area contributed by atoms with Gasteiger partial charge in [0.25, 0.3) is 0 Å². The van der Waals surface area contributed by atoms with Gasteiger partial charge in [-0.25, -0.2) is 0 Å². The number of carbonyl (C=O) groups is 2. The van der Waals surface area contributed by atoms with Crippen molar-refractivity contribution in [1.29, 1.82) is 0 Å². The molecule has 0 saturated heterocycles. The van der Waals surface area contributed by atoms with Crippen molar-refractivity contribution in [3.8, 4) is 12.3 Å². The molecule has 1 aromatic carbocycles. The van der Waals surface area contributed by atoms with Crippen LogP contribution in [-0.4, -0.2) is 36.3 Å². The van der Waals surface area contributed by atoms with Gasteiger partial charge in [-0.05, 0) is 30.8 Å². The molecule has 0 atom stereocenters. The highest BCUT2D eigenvalue weighted by Gasteiger charge is 2.08. The summed E-state index contributed by atoms with van der Waals surface area (Å²) in [5.74, 6) is 2.27. The third-order valence-corrected chi connectivity index (χ3v) is 2.62. The van der Waals surface area contributed by atoms with Gasteiger partial charge in [-0.15, -0.1) is 6.42 Å². The van der Waals surface area contributed by atoms with E-state index in [1.54, 1.807) is 24.3 Å². The molecule has 0 fully saturated rings. The number of carbonyl (C=O) groups excluding carboxylic acids is 2. The topological polar surface area (TPSA) is 61.4 Å². The zero-order valence-corrected chi connectivity index (χ0v) is 11.8. The van der Waals surface area contributed by atoms with Gasteiger partial charge < -0.3 is 10.6 Å². The number of nitrogens with one attached hydrogen (secondary N) is 2. The Bertz CT molecular complexity index is 503. The number of likely N-dealkylation sites (N-methyl/N-ethyl adjacent to an activating group) is 1. The maximum Gasteiger partial charge on any atom is 0.238 e. The van der Waals surface area contributed by atoms with Crippen LogP contribution >= 0.6 is 0 Å². The van der Waals surface area contributed by atoms with E-state index in [9.17, 15) is 9.59 Å². The molecule has 106 valence electrons. The SMILES string of the molecule is C#CCN(CC)CC(=O)Nc1ccc(NC(C)=O)cc1. The highest BCUT2D eigenvalue weighted by Crippen LogP contribution is 2.13. The van der Waals surface area contributed by atoms with Gasteiger partial charge in [0.05, 0.1) is 13.1 Å². The number of amides is 2. The maximum absolute atomic E-state index is 11.8. The number of hydrogen-bond donors (Lipinski definition) is 2. The van der Waals surface area contributed by atoms with E-state index in [-0.39, 0.29) is 18.4 Å². The number of hydrogen-bond acceptors (Lipinski definition) is 3. The smallest absolute Gasteiger partial charge is 0.238 e. The van der Waals surface area contributed by atoms with Gasteiger partial charge in [0.2, 0.25) is 11.8 Å². The average Bonchev–Trinajstić information content (AvgIpc) is 2.40. The van der Waals surface area contributed by atoms with E-state index >= 15 is 0 Å². The van der Waals surface area contributed by atoms with Gasteiger partial charge in [0, 0.05) is 18.3 Å². The fourth-order valence-corrected chi connectivity index (χ4v) is 1.65. The first kappa shape index (κ1) is 15.7. The molecule has 5 nitrogen and oxygen atoms in total. The summed E-state index contributed by atoms with van der Waals surface area (Å²) < 4.78 is 0. The van der Waals surface area contributed by atoms with Crippen molar-refractivity contribution in [2.24, 2.45) is 0 Å². The Morgan fingerprint density at radius 3 is 2.20 bits per heavy atom. The summed E-state index contributed by atoms with van der Waals surface area (Å²) in [4.78, 5) is 24.6. The zero-order chi connectivity index (χ0) is 15.0. The normalized spacial score (nSPS) is 9.90. The summed E-state index contributed by atoms with van der Waals surface area (Å²) in [6.45, 7) is 4.83. The van der Waals surface area contributed by atoms with Gasteiger partial charge in [0.15, 0.2) is 0 Å². The van der Waals surface area contributed by atoms with Crippen molar-refractivity contribution < 1.29 is 9.59 Å². The van der Waals surface area contributed by atoms with Crippen molar-refractivity contribution in [3.05, 3.63) is 24.3 Å². The van der Waals surface area contributed by atoms with Crippen LogP contribution < -0.4 is 10.6 Å². The van der Waals surface area contributed by atoms with Crippen LogP contribution in [0.15, 0.2) is 24.3 Å².